The van der Waals surface area contributed by atoms with E-state index in [1.807, 2.05) is 0 Å². The zero-order valence-corrected chi connectivity index (χ0v) is 22.4. The van der Waals surface area contributed by atoms with E-state index in [1.165, 1.54) is 26.5 Å². The van der Waals surface area contributed by atoms with Crippen LogP contribution >= 0.6 is 0 Å². The summed E-state index contributed by atoms with van der Waals surface area (Å²) in [7, 11) is 2.97. The third-order valence-electron chi connectivity index (χ3n) is 6.40. The lowest BCUT2D eigenvalue weighted by atomic mass is 9.79. The number of rotatable bonds is 9. The van der Waals surface area contributed by atoms with Crippen molar-refractivity contribution in [2.24, 2.45) is 11.8 Å². The smallest absolute Gasteiger partial charge is 0.408 e. The van der Waals surface area contributed by atoms with Crippen molar-refractivity contribution in [2.75, 3.05) is 26.1 Å². The Bertz CT molecular complexity index is 1060. The second kappa shape index (κ2) is 12.4. The number of carbonyl (C=O) groups excluding carboxylic acids is 2. The predicted octanol–water partition coefficient (Wildman–Crippen LogP) is 4.32. The summed E-state index contributed by atoms with van der Waals surface area (Å²) in [6.45, 7) is 7.69. The van der Waals surface area contributed by atoms with Crippen LogP contribution in [0.25, 0.3) is 0 Å². The molecule has 2 amide bonds. The Morgan fingerprint density at radius 3 is 2.51 bits per heavy atom. The first-order chi connectivity index (χ1) is 17.5. The molecule has 2 aromatic heterocycles. The molecule has 1 aliphatic rings. The summed E-state index contributed by atoms with van der Waals surface area (Å²) in [4.78, 5) is 29.9. The molecule has 2 aromatic rings. The Balaban J connectivity index is 1.80. The first kappa shape index (κ1) is 28.4. The summed E-state index contributed by atoms with van der Waals surface area (Å²) >= 11 is 0. The van der Waals surface area contributed by atoms with Crippen molar-refractivity contribution in [3.63, 3.8) is 0 Å². The van der Waals surface area contributed by atoms with Gasteiger partial charge in [0.15, 0.2) is 0 Å². The lowest BCUT2D eigenvalue weighted by molar-refractivity contribution is -0.119. The minimum absolute atomic E-state index is 0.0115. The van der Waals surface area contributed by atoms with Crippen molar-refractivity contribution in [3.05, 3.63) is 36.0 Å². The number of alkyl carbamates (subject to hydrolysis) is 1. The highest BCUT2D eigenvalue weighted by molar-refractivity contribution is 5.96. The number of nitrogens with zero attached hydrogens (tertiary/aromatic N) is 3. The van der Waals surface area contributed by atoms with Crippen molar-refractivity contribution >= 4 is 17.7 Å². The average molecular weight is 520 g/mol. The minimum Gasteiger partial charge on any atom is -0.481 e. The highest BCUT2D eigenvalue weighted by atomic mass is 19.1. The van der Waals surface area contributed by atoms with Crippen LogP contribution in [0.4, 0.5) is 14.9 Å². The van der Waals surface area contributed by atoms with Crippen molar-refractivity contribution in [1.29, 1.82) is 0 Å². The van der Waals surface area contributed by atoms with E-state index in [9.17, 15) is 14.0 Å². The van der Waals surface area contributed by atoms with Gasteiger partial charge in [0.05, 0.1) is 31.8 Å². The fourth-order valence-corrected chi connectivity index (χ4v) is 4.56. The Morgan fingerprint density at radius 1 is 1.19 bits per heavy atom. The van der Waals surface area contributed by atoms with Crippen LogP contribution in [-0.4, -0.2) is 59.2 Å². The van der Waals surface area contributed by atoms with E-state index in [0.717, 1.165) is 31.9 Å². The molecule has 1 aliphatic carbocycles. The normalized spacial score (nSPS) is 19.5. The van der Waals surface area contributed by atoms with Gasteiger partial charge in [-0.25, -0.2) is 14.2 Å². The molecule has 10 nitrogen and oxygen atoms in total. The van der Waals surface area contributed by atoms with Gasteiger partial charge in [-0.1, -0.05) is 19.8 Å². The van der Waals surface area contributed by atoms with E-state index in [-0.39, 0.29) is 24.3 Å². The number of amides is 2. The SMILES string of the molecule is COCC(c1cc(F)cnc1OC)n1cc(NC(=O)[C@@H](NC(=O)OC(C)(C)C)[C@H]2CC[C@H](C)CC2)cn1. The van der Waals surface area contributed by atoms with Gasteiger partial charge in [0.25, 0.3) is 0 Å². The number of halogens is 1. The number of methoxy groups -OCH3 is 2. The van der Waals surface area contributed by atoms with Gasteiger partial charge in [0.1, 0.15) is 23.5 Å². The molecule has 1 saturated carbocycles. The van der Waals surface area contributed by atoms with E-state index in [4.69, 9.17) is 14.2 Å². The van der Waals surface area contributed by atoms with E-state index < -0.39 is 29.6 Å². The summed E-state index contributed by atoms with van der Waals surface area (Å²) in [5.74, 6) is -0.0410. The molecule has 2 N–H and O–H groups in total. The van der Waals surface area contributed by atoms with Gasteiger partial charge in [-0.15, -0.1) is 0 Å². The molecule has 2 heterocycles. The molecule has 11 heteroatoms. The number of ether oxygens (including phenoxy) is 3. The first-order valence-electron chi connectivity index (χ1n) is 12.5. The molecule has 3 rings (SSSR count). The second-order valence-corrected chi connectivity index (χ2v) is 10.6. The molecule has 0 spiro atoms. The summed E-state index contributed by atoms with van der Waals surface area (Å²) in [5, 5.41) is 10.0. The van der Waals surface area contributed by atoms with Crippen LogP contribution in [0.15, 0.2) is 24.7 Å². The first-order valence-corrected chi connectivity index (χ1v) is 12.5. The van der Waals surface area contributed by atoms with Gasteiger partial charge in [0.2, 0.25) is 11.8 Å². The van der Waals surface area contributed by atoms with Gasteiger partial charge >= 0.3 is 6.09 Å². The van der Waals surface area contributed by atoms with Crippen LogP contribution in [0.3, 0.4) is 0 Å². The Hall–Kier alpha value is -3.21. The number of hydrogen-bond acceptors (Lipinski definition) is 7. The number of pyridine rings is 1. The van der Waals surface area contributed by atoms with Crippen LogP contribution in [0.5, 0.6) is 5.88 Å². The molecule has 204 valence electrons. The van der Waals surface area contributed by atoms with Gasteiger partial charge in [-0.3, -0.25) is 9.48 Å². The summed E-state index contributed by atoms with van der Waals surface area (Å²) in [6, 6.07) is 0.0117. The van der Waals surface area contributed by atoms with E-state index in [0.29, 0.717) is 17.2 Å². The number of hydrogen-bond donors (Lipinski definition) is 2. The highest BCUT2D eigenvalue weighted by Gasteiger charge is 2.34. The third-order valence-corrected chi connectivity index (χ3v) is 6.40. The van der Waals surface area contributed by atoms with Gasteiger partial charge in [0, 0.05) is 18.9 Å². The molecule has 37 heavy (non-hydrogen) atoms. The summed E-state index contributed by atoms with van der Waals surface area (Å²) in [6.07, 6.45) is 7.20. The molecular formula is C26H38FN5O5. The monoisotopic (exact) mass is 519 g/mol. The van der Waals surface area contributed by atoms with Crippen LogP contribution in [-0.2, 0) is 14.3 Å². The van der Waals surface area contributed by atoms with E-state index >= 15 is 0 Å². The molecular weight excluding hydrogens is 481 g/mol. The van der Waals surface area contributed by atoms with Crippen molar-refractivity contribution in [1.82, 2.24) is 20.1 Å². The quantitative estimate of drug-likeness (QED) is 0.507. The van der Waals surface area contributed by atoms with Gasteiger partial charge < -0.3 is 24.8 Å². The largest absolute Gasteiger partial charge is 0.481 e. The second-order valence-electron chi connectivity index (χ2n) is 10.6. The van der Waals surface area contributed by atoms with Crippen LogP contribution < -0.4 is 15.4 Å². The molecule has 0 saturated heterocycles. The van der Waals surface area contributed by atoms with E-state index in [1.54, 1.807) is 31.6 Å². The zero-order valence-electron chi connectivity index (χ0n) is 22.4. The Morgan fingerprint density at radius 2 is 1.89 bits per heavy atom. The summed E-state index contributed by atoms with van der Waals surface area (Å²) in [5.41, 5.74) is 0.192. The minimum atomic E-state index is -0.756. The van der Waals surface area contributed by atoms with Crippen molar-refractivity contribution < 1.29 is 28.2 Å². The lowest BCUT2D eigenvalue weighted by Gasteiger charge is -2.32. The number of anilines is 1. The number of carbonyl (C=O) groups is 2. The van der Waals surface area contributed by atoms with Crippen molar-refractivity contribution in [2.45, 2.75) is 71.1 Å². The van der Waals surface area contributed by atoms with Crippen LogP contribution in [0, 0.1) is 17.7 Å². The van der Waals surface area contributed by atoms with Crippen molar-refractivity contribution in [3.8, 4) is 5.88 Å². The van der Waals surface area contributed by atoms with Crippen LogP contribution in [0.1, 0.15) is 65.0 Å². The molecule has 1 unspecified atom stereocenters. The zero-order chi connectivity index (χ0) is 27.2. The number of aromatic nitrogens is 3. The average Bonchev–Trinajstić information content (AvgIpc) is 3.28. The van der Waals surface area contributed by atoms with Gasteiger partial charge in [-0.2, -0.15) is 5.10 Å². The van der Waals surface area contributed by atoms with Gasteiger partial charge in [-0.05, 0) is 51.5 Å². The maximum Gasteiger partial charge on any atom is 0.408 e. The molecule has 1 fully saturated rings. The molecule has 0 aliphatic heterocycles. The molecule has 0 radical (unpaired) electrons. The number of nitrogens with one attached hydrogen (secondary N) is 2. The Kier molecular flexibility index (Phi) is 9.47. The fraction of sp³-hybridized carbons (Fsp3) is 0.615. The lowest BCUT2D eigenvalue weighted by Crippen LogP contribution is -2.50. The topological polar surface area (TPSA) is 117 Å². The van der Waals surface area contributed by atoms with E-state index in [2.05, 4.69) is 27.6 Å². The standard InChI is InChI=1S/C26H38FN5O5/c1-16-7-9-17(10-8-16)22(31-25(34)37-26(2,3)4)23(33)30-19-13-29-32(14-19)21(15-35-5)20-11-18(27)12-28-24(20)36-6/h11-14,16-17,21-22H,7-10,15H2,1-6H3,(H,30,33)(H,31,34)/t16-,17-,21?,22-/m0/s1. The Labute approximate surface area is 217 Å². The fourth-order valence-electron chi connectivity index (χ4n) is 4.56. The highest BCUT2D eigenvalue weighted by Crippen LogP contribution is 2.32. The molecule has 0 aromatic carbocycles. The maximum atomic E-state index is 14.0. The molecule has 0 bridgehead atoms. The van der Waals surface area contributed by atoms with Crippen LogP contribution in [0.2, 0.25) is 0 Å². The maximum absolute atomic E-state index is 14.0. The predicted molar refractivity (Wildman–Crippen MR) is 136 cm³/mol. The molecule has 2 atom stereocenters. The third kappa shape index (κ3) is 7.88. The summed E-state index contributed by atoms with van der Waals surface area (Å²) < 4.78 is 31.6.